The molecule has 0 fully saturated rings. The van der Waals surface area contributed by atoms with Crippen LogP contribution in [0.4, 0.5) is 4.39 Å². The molecule has 1 N–H and O–H groups in total. The van der Waals surface area contributed by atoms with Crippen LogP contribution in [0.15, 0.2) is 18.2 Å². The fourth-order valence-electron chi connectivity index (χ4n) is 1.14. The molecule has 0 aliphatic carbocycles. The smallest absolute Gasteiger partial charge is 0.252 e. The Bertz CT molecular complexity index is 428. The molecule has 1 aromatic rings. The van der Waals surface area contributed by atoms with Crippen molar-refractivity contribution >= 4 is 17.5 Å². The van der Waals surface area contributed by atoms with Crippen LogP contribution >= 0.6 is 11.6 Å². The first kappa shape index (κ1) is 12.5. The minimum Gasteiger partial charge on any atom is -0.352 e. The van der Waals surface area contributed by atoms with E-state index in [4.69, 9.17) is 16.9 Å². The number of carbonyl (C=O) groups is 1. The van der Waals surface area contributed by atoms with E-state index in [1.165, 1.54) is 12.1 Å². The first-order valence-electron chi connectivity index (χ1n) is 4.75. The SMILES string of the molecule is N#CCCCNC(=O)c1ccc(F)cc1Cl. The Morgan fingerprint density at radius 1 is 1.56 bits per heavy atom. The molecule has 0 aromatic heterocycles. The fourth-order valence-corrected chi connectivity index (χ4v) is 1.39. The number of hydrogen-bond acceptors (Lipinski definition) is 2. The van der Waals surface area contributed by atoms with Crippen molar-refractivity contribution in [2.24, 2.45) is 0 Å². The minimum absolute atomic E-state index is 0.0813. The molecule has 1 rings (SSSR count). The van der Waals surface area contributed by atoms with Crippen molar-refractivity contribution in [1.29, 1.82) is 5.26 Å². The van der Waals surface area contributed by atoms with Gasteiger partial charge in [-0.1, -0.05) is 11.6 Å². The van der Waals surface area contributed by atoms with Gasteiger partial charge in [-0.05, 0) is 24.6 Å². The Morgan fingerprint density at radius 2 is 2.31 bits per heavy atom. The highest BCUT2D eigenvalue weighted by Crippen LogP contribution is 2.16. The molecule has 3 nitrogen and oxygen atoms in total. The van der Waals surface area contributed by atoms with Crippen molar-refractivity contribution in [3.8, 4) is 6.07 Å². The van der Waals surface area contributed by atoms with Crippen molar-refractivity contribution in [2.45, 2.75) is 12.8 Å². The average Bonchev–Trinajstić information content (AvgIpc) is 2.24. The molecule has 0 atom stereocenters. The van der Waals surface area contributed by atoms with Crippen LogP contribution in [0, 0.1) is 17.1 Å². The Labute approximate surface area is 97.8 Å². The van der Waals surface area contributed by atoms with Crippen molar-refractivity contribution < 1.29 is 9.18 Å². The van der Waals surface area contributed by atoms with Gasteiger partial charge in [0.1, 0.15) is 5.82 Å². The summed E-state index contributed by atoms with van der Waals surface area (Å²) in [6.45, 7) is 0.403. The molecule has 5 heteroatoms. The summed E-state index contributed by atoms with van der Waals surface area (Å²) >= 11 is 5.71. The Hall–Kier alpha value is -1.60. The number of nitrogens with one attached hydrogen (secondary N) is 1. The molecule has 1 amide bonds. The van der Waals surface area contributed by atoms with Crippen LogP contribution in [0.1, 0.15) is 23.2 Å². The first-order valence-corrected chi connectivity index (χ1v) is 5.13. The number of hydrogen-bond donors (Lipinski definition) is 1. The summed E-state index contributed by atoms with van der Waals surface area (Å²) in [4.78, 5) is 11.5. The summed E-state index contributed by atoms with van der Waals surface area (Å²) in [5.41, 5.74) is 0.236. The molecular weight excluding hydrogens is 231 g/mol. The lowest BCUT2D eigenvalue weighted by molar-refractivity contribution is 0.0953. The molecule has 0 saturated carbocycles. The zero-order chi connectivity index (χ0) is 12.0. The second kappa shape index (κ2) is 6.09. The van der Waals surface area contributed by atoms with Gasteiger partial charge >= 0.3 is 0 Å². The molecule has 0 bridgehead atoms. The quantitative estimate of drug-likeness (QED) is 0.823. The van der Waals surface area contributed by atoms with Crippen LogP contribution in [-0.2, 0) is 0 Å². The van der Waals surface area contributed by atoms with E-state index in [1.54, 1.807) is 0 Å². The summed E-state index contributed by atoms with van der Waals surface area (Å²) in [5.74, 6) is -0.839. The molecule has 0 saturated heterocycles. The van der Waals surface area contributed by atoms with Crippen LogP contribution in [-0.4, -0.2) is 12.5 Å². The maximum absolute atomic E-state index is 12.7. The highest BCUT2D eigenvalue weighted by molar-refractivity contribution is 6.33. The number of nitriles is 1. The van der Waals surface area contributed by atoms with Gasteiger partial charge in [-0.25, -0.2) is 4.39 Å². The van der Waals surface area contributed by atoms with Gasteiger partial charge in [0.2, 0.25) is 0 Å². The van der Waals surface area contributed by atoms with Gasteiger partial charge in [-0.3, -0.25) is 4.79 Å². The number of unbranched alkanes of at least 4 members (excludes halogenated alkanes) is 1. The molecule has 0 aliphatic heterocycles. The van der Waals surface area contributed by atoms with E-state index >= 15 is 0 Å². The number of halogens is 2. The van der Waals surface area contributed by atoms with Gasteiger partial charge in [0.15, 0.2) is 0 Å². The summed E-state index contributed by atoms with van der Waals surface area (Å²) < 4.78 is 12.7. The van der Waals surface area contributed by atoms with Gasteiger partial charge in [0.05, 0.1) is 16.7 Å². The van der Waals surface area contributed by atoms with Gasteiger partial charge < -0.3 is 5.32 Å². The molecule has 0 spiro atoms. The number of amides is 1. The third kappa shape index (κ3) is 3.52. The molecule has 16 heavy (non-hydrogen) atoms. The van der Waals surface area contributed by atoms with E-state index in [2.05, 4.69) is 5.32 Å². The monoisotopic (exact) mass is 240 g/mol. The van der Waals surface area contributed by atoms with E-state index in [0.717, 1.165) is 6.07 Å². The third-order valence-corrected chi connectivity index (χ3v) is 2.24. The van der Waals surface area contributed by atoms with E-state index < -0.39 is 5.82 Å². The number of benzene rings is 1. The number of rotatable bonds is 4. The number of nitrogens with zero attached hydrogens (tertiary/aromatic N) is 1. The predicted molar refractivity (Wildman–Crippen MR) is 58.6 cm³/mol. The lowest BCUT2D eigenvalue weighted by atomic mass is 10.2. The zero-order valence-electron chi connectivity index (χ0n) is 8.46. The highest BCUT2D eigenvalue weighted by Gasteiger charge is 2.09. The molecule has 0 aliphatic rings. The van der Waals surface area contributed by atoms with E-state index in [0.29, 0.717) is 19.4 Å². The van der Waals surface area contributed by atoms with E-state index in [1.807, 2.05) is 6.07 Å². The number of carbonyl (C=O) groups excluding carboxylic acids is 1. The van der Waals surface area contributed by atoms with Crippen LogP contribution in [0.25, 0.3) is 0 Å². The van der Waals surface area contributed by atoms with Crippen LogP contribution < -0.4 is 5.32 Å². The highest BCUT2D eigenvalue weighted by atomic mass is 35.5. The fraction of sp³-hybridized carbons (Fsp3) is 0.273. The first-order chi connectivity index (χ1) is 7.65. The van der Waals surface area contributed by atoms with E-state index in [9.17, 15) is 9.18 Å². The summed E-state index contributed by atoms with van der Waals surface area (Å²) in [5, 5.41) is 11.0. The second-order valence-electron chi connectivity index (χ2n) is 3.14. The topological polar surface area (TPSA) is 52.9 Å². The molecule has 0 radical (unpaired) electrons. The molecular formula is C11H10ClFN2O. The minimum atomic E-state index is -0.481. The van der Waals surface area contributed by atoms with Gasteiger partial charge in [-0.2, -0.15) is 5.26 Å². The van der Waals surface area contributed by atoms with Crippen molar-refractivity contribution in [1.82, 2.24) is 5.32 Å². The van der Waals surface area contributed by atoms with Gasteiger partial charge in [0.25, 0.3) is 5.91 Å². The maximum atomic E-state index is 12.7. The van der Waals surface area contributed by atoms with Crippen molar-refractivity contribution in [2.75, 3.05) is 6.54 Å². The second-order valence-corrected chi connectivity index (χ2v) is 3.55. The Morgan fingerprint density at radius 3 is 2.94 bits per heavy atom. The average molecular weight is 241 g/mol. The van der Waals surface area contributed by atoms with E-state index in [-0.39, 0.29) is 16.5 Å². The van der Waals surface area contributed by atoms with Crippen LogP contribution in [0.2, 0.25) is 5.02 Å². The molecule has 0 heterocycles. The zero-order valence-corrected chi connectivity index (χ0v) is 9.22. The van der Waals surface area contributed by atoms with Crippen LogP contribution in [0.3, 0.4) is 0 Å². The van der Waals surface area contributed by atoms with Gasteiger partial charge in [-0.15, -0.1) is 0 Å². The normalized spacial score (nSPS) is 9.56. The predicted octanol–water partition coefficient (Wildman–Crippen LogP) is 2.51. The Balaban J connectivity index is 2.57. The lowest BCUT2D eigenvalue weighted by Crippen LogP contribution is -2.24. The maximum Gasteiger partial charge on any atom is 0.252 e. The largest absolute Gasteiger partial charge is 0.352 e. The summed E-state index contributed by atoms with van der Waals surface area (Å²) in [6.07, 6.45) is 0.971. The molecule has 0 unspecified atom stereocenters. The van der Waals surface area contributed by atoms with Crippen molar-refractivity contribution in [3.63, 3.8) is 0 Å². The van der Waals surface area contributed by atoms with Crippen molar-refractivity contribution in [3.05, 3.63) is 34.6 Å². The van der Waals surface area contributed by atoms with Gasteiger partial charge in [0, 0.05) is 13.0 Å². The third-order valence-electron chi connectivity index (χ3n) is 1.93. The molecule has 84 valence electrons. The molecule has 1 aromatic carbocycles. The Kier molecular flexibility index (Phi) is 4.74. The van der Waals surface area contributed by atoms with Crippen LogP contribution in [0.5, 0.6) is 0 Å². The standard InChI is InChI=1S/C11H10ClFN2O/c12-10-7-8(13)3-4-9(10)11(16)15-6-2-1-5-14/h3-4,7H,1-2,6H2,(H,15,16). The lowest BCUT2D eigenvalue weighted by Gasteiger charge is -2.05. The summed E-state index contributed by atoms with van der Waals surface area (Å²) in [6, 6.07) is 5.57. The summed E-state index contributed by atoms with van der Waals surface area (Å²) in [7, 11) is 0.